The van der Waals surface area contributed by atoms with Gasteiger partial charge in [-0.15, -0.1) is 11.3 Å². The van der Waals surface area contributed by atoms with E-state index < -0.39 is 0 Å². The van der Waals surface area contributed by atoms with Crippen molar-refractivity contribution in [2.75, 3.05) is 5.32 Å². The fraction of sp³-hybridized carbons (Fsp3) is 0.312. The maximum Gasteiger partial charge on any atom is 0.160 e. The highest BCUT2D eigenvalue weighted by atomic mass is 32.1. The first kappa shape index (κ1) is 13.2. The first-order valence-corrected chi connectivity index (χ1v) is 7.67. The number of aryl methyl sites for hydroxylation is 4. The molecule has 104 valence electrons. The normalized spacial score (nSPS) is 11.2. The van der Waals surface area contributed by atoms with Gasteiger partial charge in [-0.3, -0.25) is 0 Å². The zero-order valence-electron chi connectivity index (χ0n) is 12.3. The van der Waals surface area contributed by atoms with E-state index in [-0.39, 0.29) is 0 Å². The second kappa shape index (κ2) is 4.94. The highest BCUT2D eigenvalue weighted by Crippen LogP contribution is 2.24. The van der Waals surface area contributed by atoms with Gasteiger partial charge in [-0.25, -0.2) is 4.98 Å². The Morgan fingerprint density at radius 2 is 2.05 bits per heavy atom. The molecule has 0 fully saturated rings. The minimum absolute atomic E-state index is 0.853. The molecule has 3 nitrogen and oxygen atoms in total. The standard InChI is InChI=1S/C16H19N3S/c1-10-9-20-13(4)14(10)8-17-15-6-5-7-19-12(3)11(2)18-16(15)19/h5-7,9,17H,8H2,1-4H3. The van der Waals surface area contributed by atoms with Crippen molar-refractivity contribution >= 4 is 22.7 Å². The van der Waals surface area contributed by atoms with Gasteiger partial charge in [0, 0.05) is 23.3 Å². The molecule has 0 amide bonds. The minimum atomic E-state index is 0.853. The van der Waals surface area contributed by atoms with E-state index in [0.717, 1.165) is 23.6 Å². The van der Waals surface area contributed by atoms with Crippen LogP contribution in [-0.4, -0.2) is 9.38 Å². The second-order valence-corrected chi connectivity index (χ2v) is 6.29. The fourth-order valence-corrected chi connectivity index (χ4v) is 3.35. The molecule has 0 unspecified atom stereocenters. The van der Waals surface area contributed by atoms with Crippen molar-refractivity contribution in [2.45, 2.75) is 34.2 Å². The van der Waals surface area contributed by atoms with Gasteiger partial charge in [-0.2, -0.15) is 0 Å². The molecule has 0 atom stereocenters. The van der Waals surface area contributed by atoms with Crippen LogP contribution in [0.1, 0.15) is 27.4 Å². The molecule has 0 saturated heterocycles. The van der Waals surface area contributed by atoms with E-state index in [1.807, 2.05) is 11.3 Å². The fourth-order valence-electron chi connectivity index (χ4n) is 2.48. The van der Waals surface area contributed by atoms with Gasteiger partial charge in [0.25, 0.3) is 0 Å². The lowest BCUT2D eigenvalue weighted by Crippen LogP contribution is -2.03. The van der Waals surface area contributed by atoms with Gasteiger partial charge in [0.1, 0.15) is 0 Å². The lowest BCUT2D eigenvalue weighted by molar-refractivity contribution is 1.08. The number of hydrogen-bond donors (Lipinski definition) is 1. The van der Waals surface area contributed by atoms with Gasteiger partial charge in [-0.1, -0.05) is 0 Å². The Balaban J connectivity index is 1.94. The number of nitrogens with zero attached hydrogens (tertiary/aromatic N) is 2. The molecule has 0 bridgehead atoms. The molecule has 0 aliphatic heterocycles. The topological polar surface area (TPSA) is 29.3 Å². The Morgan fingerprint density at radius 3 is 2.75 bits per heavy atom. The number of thiophene rings is 1. The molecule has 3 aromatic heterocycles. The Morgan fingerprint density at radius 1 is 1.25 bits per heavy atom. The van der Waals surface area contributed by atoms with Crippen LogP contribution in [0, 0.1) is 27.7 Å². The number of fused-ring (bicyclic) bond motifs is 1. The van der Waals surface area contributed by atoms with Gasteiger partial charge in [0.15, 0.2) is 5.65 Å². The van der Waals surface area contributed by atoms with E-state index in [4.69, 9.17) is 0 Å². The summed E-state index contributed by atoms with van der Waals surface area (Å²) in [6.07, 6.45) is 2.07. The van der Waals surface area contributed by atoms with Crippen LogP contribution in [0.15, 0.2) is 23.7 Å². The van der Waals surface area contributed by atoms with Gasteiger partial charge in [0.05, 0.1) is 11.4 Å². The summed E-state index contributed by atoms with van der Waals surface area (Å²) in [5.41, 5.74) is 7.15. The third-order valence-electron chi connectivity index (χ3n) is 3.89. The molecule has 3 heterocycles. The molecular formula is C16H19N3S. The highest BCUT2D eigenvalue weighted by Gasteiger charge is 2.09. The van der Waals surface area contributed by atoms with Crippen LogP contribution in [0.5, 0.6) is 0 Å². The Labute approximate surface area is 123 Å². The summed E-state index contributed by atoms with van der Waals surface area (Å²) in [7, 11) is 0. The highest BCUT2D eigenvalue weighted by molar-refractivity contribution is 7.10. The number of rotatable bonds is 3. The number of aromatic nitrogens is 2. The summed E-state index contributed by atoms with van der Waals surface area (Å²) in [5, 5.41) is 5.75. The SMILES string of the molecule is Cc1csc(C)c1CNc1cccn2c(C)c(C)nc12. The lowest BCUT2D eigenvalue weighted by atomic mass is 10.1. The monoisotopic (exact) mass is 285 g/mol. The molecule has 3 rings (SSSR count). The van der Waals surface area contributed by atoms with Crippen molar-refractivity contribution in [2.24, 2.45) is 0 Å². The average Bonchev–Trinajstić information content (AvgIpc) is 2.90. The molecule has 3 aromatic rings. The number of pyridine rings is 1. The van der Waals surface area contributed by atoms with E-state index in [1.165, 1.54) is 21.7 Å². The summed E-state index contributed by atoms with van der Waals surface area (Å²) in [6, 6.07) is 4.16. The number of anilines is 1. The summed E-state index contributed by atoms with van der Waals surface area (Å²) >= 11 is 1.82. The van der Waals surface area contributed by atoms with Crippen molar-refractivity contribution in [1.82, 2.24) is 9.38 Å². The predicted octanol–water partition coefficient (Wildman–Crippen LogP) is 4.24. The minimum Gasteiger partial charge on any atom is -0.378 e. The van der Waals surface area contributed by atoms with Gasteiger partial charge in [-0.05, 0) is 56.3 Å². The first-order valence-electron chi connectivity index (χ1n) is 6.79. The summed E-state index contributed by atoms with van der Waals surface area (Å²) in [6.45, 7) is 9.36. The molecule has 4 heteroatoms. The number of nitrogens with one attached hydrogen (secondary N) is 1. The van der Waals surface area contributed by atoms with Crippen molar-refractivity contribution < 1.29 is 0 Å². The van der Waals surface area contributed by atoms with E-state index in [0.29, 0.717) is 0 Å². The van der Waals surface area contributed by atoms with E-state index in [9.17, 15) is 0 Å². The third-order valence-corrected chi connectivity index (χ3v) is 4.97. The van der Waals surface area contributed by atoms with Gasteiger partial charge >= 0.3 is 0 Å². The second-order valence-electron chi connectivity index (χ2n) is 5.21. The summed E-state index contributed by atoms with van der Waals surface area (Å²) in [4.78, 5) is 6.05. The quantitative estimate of drug-likeness (QED) is 0.780. The van der Waals surface area contributed by atoms with Gasteiger partial charge < -0.3 is 9.72 Å². The Hall–Kier alpha value is -1.81. The Bertz CT molecular complexity index is 748. The van der Waals surface area contributed by atoms with E-state index in [1.54, 1.807) is 0 Å². The molecule has 0 aliphatic carbocycles. The van der Waals surface area contributed by atoms with Crippen molar-refractivity contribution in [3.8, 4) is 0 Å². The van der Waals surface area contributed by atoms with Crippen molar-refractivity contribution in [3.63, 3.8) is 0 Å². The van der Waals surface area contributed by atoms with Crippen molar-refractivity contribution in [3.05, 3.63) is 51.1 Å². The molecule has 0 saturated carbocycles. The largest absolute Gasteiger partial charge is 0.378 e. The molecule has 1 N–H and O–H groups in total. The number of hydrogen-bond acceptors (Lipinski definition) is 3. The maximum absolute atomic E-state index is 4.66. The van der Waals surface area contributed by atoms with Crippen LogP contribution in [-0.2, 0) is 6.54 Å². The van der Waals surface area contributed by atoms with E-state index >= 15 is 0 Å². The number of imidazole rings is 1. The maximum atomic E-state index is 4.66. The van der Waals surface area contributed by atoms with Crippen LogP contribution >= 0.6 is 11.3 Å². The molecule has 0 radical (unpaired) electrons. The smallest absolute Gasteiger partial charge is 0.160 e. The average molecular weight is 285 g/mol. The van der Waals surface area contributed by atoms with Crippen LogP contribution in [0.3, 0.4) is 0 Å². The van der Waals surface area contributed by atoms with E-state index in [2.05, 4.69) is 66.1 Å². The van der Waals surface area contributed by atoms with Crippen LogP contribution < -0.4 is 5.32 Å². The predicted molar refractivity (Wildman–Crippen MR) is 85.8 cm³/mol. The summed E-state index contributed by atoms with van der Waals surface area (Å²) in [5.74, 6) is 0. The molecular weight excluding hydrogens is 266 g/mol. The zero-order valence-corrected chi connectivity index (χ0v) is 13.1. The molecule has 0 aliphatic rings. The van der Waals surface area contributed by atoms with Crippen LogP contribution in [0.25, 0.3) is 5.65 Å². The first-order chi connectivity index (χ1) is 9.58. The summed E-state index contributed by atoms with van der Waals surface area (Å²) < 4.78 is 2.14. The van der Waals surface area contributed by atoms with Gasteiger partial charge in [0.2, 0.25) is 0 Å². The molecule has 0 spiro atoms. The molecule has 20 heavy (non-hydrogen) atoms. The Kier molecular flexibility index (Phi) is 3.26. The zero-order chi connectivity index (χ0) is 14.3. The lowest BCUT2D eigenvalue weighted by Gasteiger charge is -2.09. The third kappa shape index (κ3) is 2.10. The molecule has 0 aromatic carbocycles. The van der Waals surface area contributed by atoms with Crippen molar-refractivity contribution in [1.29, 1.82) is 0 Å². The van der Waals surface area contributed by atoms with Crippen LogP contribution in [0.4, 0.5) is 5.69 Å². The van der Waals surface area contributed by atoms with Crippen LogP contribution in [0.2, 0.25) is 0 Å².